The summed E-state index contributed by atoms with van der Waals surface area (Å²) in [7, 11) is 0. The lowest BCUT2D eigenvalue weighted by molar-refractivity contribution is 0.251. The quantitative estimate of drug-likeness (QED) is 0.657. The first-order valence-electron chi connectivity index (χ1n) is 6.08. The van der Waals surface area contributed by atoms with E-state index in [2.05, 4.69) is 17.2 Å². The Morgan fingerprint density at radius 1 is 1.44 bits per heavy atom. The van der Waals surface area contributed by atoms with Crippen LogP contribution in [0.4, 0.5) is 0 Å². The standard InChI is InChI=1S/C13H22N2O/c1-2-12(7-10-16)11-14-9-6-13-5-3-4-8-15-13/h3-5,8,12,14,16H,2,6-7,9-11H2,1H3. The molecule has 0 amide bonds. The number of pyridine rings is 1. The highest BCUT2D eigenvalue weighted by Crippen LogP contribution is 2.05. The van der Waals surface area contributed by atoms with Crippen molar-refractivity contribution < 1.29 is 5.11 Å². The minimum absolute atomic E-state index is 0.292. The Bertz CT molecular complexity index is 264. The fraction of sp³-hybridized carbons (Fsp3) is 0.615. The van der Waals surface area contributed by atoms with E-state index in [4.69, 9.17) is 5.11 Å². The van der Waals surface area contributed by atoms with Gasteiger partial charge in [0, 0.05) is 31.5 Å². The van der Waals surface area contributed by atoms with Crippen molar-refractivity contribution in [1.29, 1.82) is 0 Å². The normalized spacial score (nSPS) is 12.6. The van der Waals surface area contributed by atoms with Crippen molar-refractivity contribution in [2.75, 3.05) is 19.7 Å². The van der Waals surface area contributed by atoms with E-state index in [0.717, 1.165) is 38.0 Å². The topological polar surface area (TPSA) is 45.1 Å². The summed E-state index contributed by atoms with van der Waals surface area (Å²) in [6.07, 6.45) is 4.82. The third-order valence-corrected chi connectivity index (χ3v) is 2.83. The van der Waals surface area contributed by atoms with E-state index in [1.165, 1.54) is 0 Å². The van der Waals surface area contributed by atoms with Crippen LogP contribution in [0.15, 0.2) is 24.4 Å². The Kier molecular flexibility index (Phi) is 6.77. The lowest BCUT2D eigenvalue weighted by Crippen LogP contribution is -2.25. The Hall–Kier alpha value is -0.930. The molecular formula is C13H22N2O. The zero-order valence-corrected chi connectivity index (χ0v) is 10.0. The fourth-order valence-electron chi connectivity index (χ4n) is 1.70. The zero-order valence-electron chi connectivity index (χ0n) is 10.0. The van der Waals surface area contributed by atoms with Gasteiger partial charge in [-0.1, -0.05) is 19.4 Å². The van der Waals surface area contributed by atoms with Gasteiger partial charge in [-0.05, 0) is 31.0 Å². The molecule has 0 bridgehead atoms. The molecule has 1 atom stereocenters. The number of aromatic nitrogens is 1. The van der Waals surface area contributed by atoms with Gasteiger partial charge in [0.1, 0.15) is 0 Å². The van der Waals surface area contributed by atoms with Crippen LogP contribution < -0.4 is 5.32 Å². The van der Waals surface area contributed by atoms with Gasteiger partial charge in [-0.15, -0.1) is 0 Å². The van der Waals surface area contributed by atoms with Crippen molar-refractivity contribution in [3.8, 4) is 0 Å². The first-order chi connectivity index (χ1) is 7.86. The zero-order chi connectivity index (χ0) is 11.6. The highest BCUT2D eigenvalue weighted by molar-refractivity contribution is 5.03. The van der Waals surface area contributed by atoms with Crippen molar-refractivity contribution in [3.05, 3.63) is 30.1 Å². The first kappa shape index (κ1) is 13.1. The predicted molar refractivity (Wildman–Crippen MR) is 66.3 cm³/mol. The fourth-order valence-corrected chi connectivity index (χ4v) is 1.70. The van der Waals surface area contributed by atoms with Crippen molar-refractivity contribution >= 4 is 0 Å². The Balaban J connectivity index is 2.11. The molecule has 0 aliphatic carbocycles. The van der Waals surface area contributed by atoms with Gasteiger partial charge < -0.3 is 10.4 Å². The summed E-state index contributed by atoms with van der Waals surface area (Å²) in [5.74, 6) is 0.591. The molecule has 1 heterocycles. The molecule has 3 nitrogen and oxygen atoms in total. The number of nitrogens with one attached hydrogen (secondary N) is 1. The molecule has 0 spiro atoms. The first-order valence-corrected chi connectivity index (χ1v) is 6.08. The Morgan fingerprint density at radius 2 is 2.31 bits per heavy atom. The average Bonchev–Trinajstić information content (AvgIpc) is 2.34. The molecule has 0 aromatic carbocycles. The van der Waals surface area contributed by atoms with E-state index >= 15 is 0 Å². The summed E-state index contributed by atoms with van der Waals surface area (Å²) < 4.78 is 0. The molecule has 0 aliphatic heterocycles. The average molecular weight is 222 g/mol. The maximum atomic E-state index is 8.86. The summed E-state index contributed by atoms with van der Waals surface area (Å²) in [6, 6.07) is 6.00. The lowest BCUT2D eigenvalue weighted by Gasteiger charge is -2.13. The van der Waals surface area contributed by atoms with Crippen molar-refractivity contribution in [2.24, 2.45) is 5.92 Å². The highest BCUT2D eigenvalue weighted by atomic mass is 16.3. The molecule has 1 unspecified atom stereocenters. The molecule has 0 saturated carbocycles. The molecular weight excluding hydrogens is 200 g/mol. The number of hydrogen-bond acceptors (Lipinski definition) is 3. The van der Waals surface area contributed by atoms with Gasteiger partial charge in [0.2, 0.25) is 0 Å². The van der Waals surface area contributed by atoms with Gasteiger partial charge in [-0.3, -0.25) is 4.98 Å². The second-order valence-corrected chi connectivity index (χ2v) is 4.06. The van der Waals surface area contributed by atoms with Gasteiger partial charge in [0.15, 0.2) is 0 Å². The van der Waals surface area contributed by atoms with Gasteiger partial charge in [0.05, 0.1) is 0 Å². The highest BCUT2D eigenvalue weighted by Gasteiger charge is 2.04. The molecule has 16 heavy (non-hydrogen) atoms. The van der Waals surface area contributed by atoms with E-state index in [-0.39, 0.29) is 0 Å². The second kappa shape index (κ2) is 8.25. The predicted octanol–water partition coefficient (Wildman–Crippen LogP) is 1.62. The SMILES string of the molecule is CCC(CCO)CNCCc1ccccn1. The smallest absolute Gasteiger partial charge is 0.0434 e. The van der Waals surface area contributed by atoms with Crippen molar-refractivity contribution in [1.82, 2.24) is 10.3 Å². The van der Waals surface area contributed by atoms with Crippen LogP contribution in [0.3, 0.4) is 0 Å². The summed E-state index contributed by atoms with van der Waals surface area (Å²) in [5, 5.41) is 12.3. The minimum Gasteiger partial charge on any atom is -0.396 e. The molecule has 0 saturated heterocycles. The van der Waals surface area contributed by atoms with Crippen LogP contribution in [0, 0.1) is 5.92 Å². The Morgan fingerprint density at radius 3 is 2.94 bits per heavy atom. The number of rotatable bonds is 8. The lowest BCUT2D eigenvalue weighted by atomic mass is 10.0. The van der Waals surface area contributed by atoms with E-state index < -0.39 is 0 Å². The third-order valence-electron chi connectivity index (χ3n) is 2.83. The van der Waals surface area contributed by atoms with E-state index in [9.17, 15) is 0 Å². The van der Waals surface area contributed by atoms with E-state index in [1.807, 2.05) is 24.4 Å². The number of hydrogen-bond donors (Lipinski definition) is 2. The molecule has 1 aromatic rings. The summed E-state index contributed by atoms with van der Waals surface area (Å²) in [5.41, 5.74) is 1.13. The van der Waals surface area contributed by atoms with Gasteiger partial charge >= 0.3 is 0 Å². The Labute approximate surface area is 97.9 Å². The molecule has 3 heteroatoms. The van der Waals surface area contributed by atoms with Crippen LogP contribution in [0.25, 0.3) is 0 Å². The molecule has 90 valence electrons. The van der Waals surface area contributed by atoms with Crippen LogP contribution in [-0.2, 0) is 6.42 Å². The summed E-state index contributed by atoms with van der Waals surface area (Å²) >= 11 is 0. The van der Waals surface area contributed by atoms with Gasteiger partial charge in [-0.25, -0.2) is 0 Å². The van der Waals surface area contributed by atoms with Crippen LogP contribution >= 0.6 is 0 Å². The molecule has 0 fully saturated rings. The molecule has 1 rings (SSSR count). The van der Waals surface area contributed by atoms with Crippen molar-refractivity contribution in [3.63, 3.8) is 0 Å². The second-order valence-electron chi connectivity index (χ2n) is 4.06. The van der Waals surface area contributed by atoms with Crippen LogP contribution in [-0.4, -0.2) is 29.8 Å². The maximum absolute atomic E-state index is 8.86. The van der Waals surface area contributed by atoms with Crippen LogP contribution in [0.2, 0.25) is 0 Å². The molecule has 0 aliphatic rings. The maximum Gasteiger partial charge on any atom is 0.0434 e. The molecule has 0 radical (unpaired) electrons. The summed E-state index contributed by atoms with van der Waals surface area (Å²) in [6.45, 7) is 4.41. The minimum atomic E-state index is 0.292. The molecule has 1 aromatic heterocycles. The number of nitrogens with zero attached hydrogens (tertiary/aromatic N) is 1. The van der Waals surface area contributed by atoms with Crippen LogP contribution in [0.1, 0.15) is 25.5 Å². The van der Waals surface area contributed by atoms with Gasteiger partial charge in [-0.2, -0.15) is 0 Å². The molecule has 2 N–H and O–H groups in total. The third kappa shape index (κ3) is 5.24. The van der Waals surface area contributed by atoms with Gasteiger partial charge in [0.25, 0.3) is 0 Å². The monoisotopic (exact) mass is 222 g/mol. The van der Waals surface area contributed by atoms with Crippen molar-refractivity contribution in [2.45, 2.75) is 26.2 Å². The number of aliphatic hydroxyl groups is 1. The van der Waals surface area contributed by atoms with E-state index in [0.29, 0.717) is 12.5 Å². The largest absolute Gasteiger partial charge is 0.396 e. The number of aliphatic hydroxyl groups excluding tert-OH is 1. The van der Waals surface area contributed by atoms with Crippen LogP contribution in [0.5, 0.6) is 0 Å². The summed E-state index contributed by atoms with van der Waals surface area (Å²) in [4.78, 5) is 4.27. The van der Waals surface area contributed by atoms with E-state index in [1.54, 1.807) is 0 Å².